The molecule has 126 valence electrons. The third-order valence-corrected chi connectivity index (χ3v) is 4.68. The summed E-state index contributed by atoms with van der Waals surface area (Å²) < 4.78 is 0. The molecule has 0 N–H and O–H groups in total. The van der Waals surface area contributed by atoms with Crippen molar-refractivity contribution < 1.29 is 4.79 Å². The minimum Gasteiger partial charge on any atom is -0.338 e. The third-order valence-electron chi connectivity index (χ3n) is 4.68. The number of pyridine rings is 1. The van der Waals surface area contributed by atoms with E-state index in [1.807, 2.05) is 23.1 Å². The van der Waals surface area contributed by atoms with Gasteiger partial charge in [0, 0.05) is 44.6 Å². The lowest BCUT2D eigenvalue weighted by atomic mass is 10.1. The molecule has 0 radical (unpaired) electrons. The van der Waals surface area contributed by atoms with Crippen LogP contribution in [0.25, 0.3) is 0 Å². The molecule has 0 saturated carbocycles. The summed E-state index contributed by atoms with van der Waals surface area (Å²) in [5.41, 5.74) is 2.32. The van der Waals surface area contributed by atoms with Gasteiger partial charge in [-0.1, -0.05) is 36.4 Å². The van der Waals surface area contributed by atoms with E-state index >= 15 is 0 Å². The highest BCUT2D eigenvalue weighted by atomic mass is 16.2. The van der Waals surface area contributed by atoms with Gasteiger partial charge >= 0.3 is 0 Å². The third kappa shape index (κ3) is 4.20. The quantitative estimate of drug-likeness (QED) is 0.820. The average molecular weight is 323 g/mol. The Labute approximate surface area is 144 Å². The van der Waals surface area contributed by atoms with E-state index in [9.17, 15) is 4.79 Å². The summed E-state index contributed by atoms with van der Waals surface area (Å²) in [5.74, 6) is 0.206. The predicted molar refractivity (Wildman–Crippen MR) is 95.5 cm³/mol. The van der Waals surface area contributed by atoms with Crippen LogP contribution in [0.1, 0.15) is 24.5 Å². The van der Waals surface area contributed by atoms with E-state index in [0.29, 0.717) is 12.5 Å². The number of carbonyl (C=O) groups is 1. The summed E-state index contributed by atoms with van der Waals surface area (Å²) in [5, 5.41) is 0. The number of benzene rings is 1. The van der Waals surface area contributed by atoms with Crippen LogP contribution in [0, 0.1) is 0 Å². The predicted octanol–water partition coefficient (Wildman–Crippen LogP) is 2.75. The molecule has 1 fully saturated rings. The zero-order chi connectivity index (χ0) is 16.8. The highest BCUT2D eigenvalue weighted by molar-refractivity contribution is 5.79. The second kappa shape index (κ2) is 8.06. The number of likely N-dealkylation sites (tertiary alicyclic amines) is 1. The second-order valence-corrected chi connectivity index (χ2v) is 6.38. The molecule has 4 nitrogen and oxygen atoms in total. The zero-order valence-electron chi connectivity index (χ0n) is 14.3. The summed E-state index contributed by atoms with van der Waals surface area (Å²) in [7, 11) is 0. The van der Waals surface area contributed by atoms with E-state index in [1.54, 1.807) is 12.4 Å². The number of hydrogen-bond donors (Lipinski definition) is 0. The summed E-state index contributed by atoms with van der Waals surface area (Å²) in [6, 6.07) is 14.7. The Hall–Kier alpha value is -2.20. The number of amides is 1. The van der Waals surface area contributed by atoms with Gasteiger partial charge in [-0.3, -0.25) is 14.7 Å². The van der Waals surface area contributed by atoms with Gasteiger partial charge in [0.05, 0.1) is 6.42 Å². The maximum absolute atomic E-state index is 12.7. The summed E-state index contributed by atoms with van der Waals surface area (Å²) in [6.45, 7) is 5.81. The Bertz CT molecular complexity index is 644. The van der Waals surface area contributed by atoms with Crippen LogP contribution in [-0.2, 0) is 17.8 Å². The molecule has 2 heterocycles. The molecular formula is C20H25N3O. The van der Waals surface area contributed by atoms with Crippen LogP contribution in [0.3, 0.4) is 0 Å². The van der Waals surface area contributed by atoms with Gasteiger partial charge in [-0.25, -0.2) is 0 Å². The molecule has 24 heavy (non-hydrogen) atoms. The molecule has 2 aromatic rings. The van der Waals surface area contributed by atoms with Gasteiger partial charge in [0.1, 0.15) is 0 Å². The average Bonchev–Trinajstić information content (AvgIpc) is 3.05. The van der Waals surface area contributed by atoms with Crippen molar-refractivity contribution in [2.24, 2.45) is 0 Å². The summed E-state index contributed by atoms with van der Waals surface area (Å²) in [4.78, 5) is 21.3. The van der Waals surface area contributed by atoms with Gasteiger partial charge in [-0.15, -0.1) is 0 Å². The van der Waals surface area contributed by atoms with Crippen LogP contribution in [0.15, 0.2) is 54.9 Å². The molecular weight excluding hydrogens is 298 g/mol. The van der Waals surface area contributed by atoms with E-state index in [4.69, 9.17) is 0 Å². The number of nitrogens with zero attached hydrogens (tertiary/aromatic N) is 3. The molecule has 1 saturated heterocycles. The van der Waals surface area contributed by atoms with Crippen molar-refractivity contribution in [2.75, 3.05) is 19.6 Å². The lowest BCUT2D eigenvalue weighted by Gasteiger charge is -2.28. The molecule has 0 unspecified atom stereocenters. The molecule has 0 spiro atoms. The fourth-order valence-electron chi connectivity index (χ4n) is 3.47. The summed E-state index contributed by atoms with van der Waals surface area (Å²) >= 11 is 0. The van der Waals surface area contributed by atoms with Crippen molar-refractivity contribution in [1.29, 1.82) is 0 Å². The Morgan fingerprint density at radius 3 is 2.71 bits per heavy atom. The van der Waals surface area contributed by atoms with Gasteiger partial charge in [0.25, 0.3) is 0 Å². The Balaban J connectivity index is 1.57. The highest BCUT2D eigenvalue weighted by Gasteiger charge is 2.29. The molecule has 1 aliphatic heterocycles. The number of carbonyl (C=O) groups excluding carboxylic acids is 1. The van der Waals surface area contributed by atoms with E-state index in [0.717, 1.165) is 38.2 Å². The van der Waals surface area contributed by atoms with E-state index < -0.39 is 0 Å². The topological polar surface area (TPSA) is 36.4 Å². The minimum atomic E-state index is 0.206. The summed E-state index contributed by atoms with van der Waals surface area (Å²) in [6.07, 6.45) is 5.02. The zero-order valence-corrected chi connectivity index (χ0v) is 14.3. The van der Waals surface area contributed by atoms with Crippen molar-refractivity contribution >= 4 is 5.91 Å². The first kappa shape index (κ1) is 16.7. The molecule has 0 aliphatic carbocycles. The highest BCUT2D eigenvalue weighted by Crippen LogP contribution is 2.19. The van der Waals surface area contributed by atoms with Crippen molar-refractivity contribution in [2.45, 2.75) is 32.4 Å². The van der Waals surface area contributed by atoms with Gasteiger partial charge in [0.15, 0.2) is 0 Å². The molecule has 1 aromatic heterocycles. The number of rotatable bonds is 6. The molecule has 3 rings (SSSR count). The molecule has 1 amide bonds. The number of aromatic nitrogens is 1. The fourth-order valence-corrected chi connectivity index (χ4v) is 3.47. The maximum atomic E-state index is 12.7. The largest absolute Gasteiger partial charge is 0.338 e. The van der Waals surface area contributed by atoms with Gasteiger partial charge < -0.3 is 4.90 Å². The normalized spacial score (nSPS) is 17.8. The fraction of sp³-hybridized carbons (Fsp3) is 0.400. The molecule has 0 bridgehead atoms. The Morgan fingerprint density at radius 1 is 1.21 bits per heavy atom. The molecule has 1 aromatic carbocycles. The smallest absolute Gasteiger partial charge is 0.227 e. The molecule has 1 aliphatic rings. The van der Waals surface area contributed by atoms with E-state index in [-0.39, 0.29) is 5.91 Å². The van der Waals surface area contributed by atoms with E-state index in [1.165, 1.54) is 5.56 Å². The van der Waals surface area contributed by atoms with Crippen LogP contribution in [-0.4, -0.2) is 46.4 Å². The van der Waals surface area contributed by atoms with Crippen LogP contribution >= 0.6 is 0 Å². The number of hydrogen-bond acceptors (Lipinski definition) is 3. The van der Waals surface area contributed by atoms with Crippen LogP contribution in [0.2, 0.25) is 0 Å². The van der Waals surface area contributed by atoms with Gasteiger partial charge in [0.2, 0.25) is 5.91 Å². The monoisotopic (exact) mass is 323 g/mol. The van der Waals surface area contributed by atoms with Crippen molar-refractivity contribution in [1.82, 2.24) is 14.8 Å². The minimum absolute atomic E-state index is 0.206. The van der Waals surface area contributed by atoms with Gasteiger partial charge in [-0.2, -0.15) is 0 Å². The maximum Gasteiger partial charge on any atom is 0.227 e. The second-order valence-electron chi connectivity index (χ2n) is 6.38. The lowest BCUT2D eigenvalue weighted by molar-refractivity contribution is -0.132. The Kier molecular flexibility index (Phi) is 5.59. The number of likely N-dealkylation sites (N-methyl/N-ethyl adjacent to an activating group) is 1. The standard InChI is InChI=1S/C20H25N3O/c1-2-23(20(24)13-18-9-6-11-21-14-18)19-10-12-22(16-19)15-17-7-4-3-5-8-17/h3-9,11,14,19H,2,10,12-13,15-16H2,1H3/t19-/m0/s1. The van der Waals surface area contributed by atoms with Crippen LogP contribution < -0.4 is 0 Å². The molecule has 1 atom stereocenters. The molecule has 4 heteroatoms. The first-order chi connectivity index (χ1) is 11.8. The Morgan fingerprint density at radius 2 is 2.00 bits per heavy atom. The van der Waals surface area contributed by atoms with Crippen molar-refractivity contribution in [3.05, 3.63) is 66.0 Å². The van der Waals surface area contributed by atoms with Crippen molar-refractivity contribution in [3.8, 4) is 0 Å². The first-order valence-electron chi connectivity index (χ1n) is 8.71. The van der Waals surface area contributed by atoms with Crippen molar-refractivity contribution in [3.63, 3.8) is 0 Å². The van der Waals surface area contributed by atoms with Crippen LogP contribution in [0.4, 0.5) is 0 Å². The lowest BCUT2D eigenvalue weighted by Crippen LogP contribution is -2.42. The van der Waals surface area contributed by atoms with Gasteiger partial charge in [-0.05, 0) is 30.5 Å². The van der Waals surface area contributed by atoms with E-state index in [2.05, 4.69) is 41.1 Å². The van der Waals surface area contributed by atoms with Crippen LogP contribution in [0.5, 0.6) is 0 Å². The first-order valence-corrected chi connectivity index (χ1v) is 8.71. The SMILES string of the molecule is CCN(C(=O)Cc1cccnc1)[C@H]1CCN(Cc2ccccc2)C1.